The number of nitriles is 1. The van der Waals surface area contributed by atoms with Crippen molar-refractivity contribution >= 4 is 9.84 Å². The van der Waals surface area contributed by atoms with Gasteiger partial charge >= 0.3 is 6.01 Å². The minimum atomic E-state index is -3.62. The smallest absolute Gasteiger partial charge is 0.322 e. The highest BCUT2D eigenvalue weighted by molar-refractivity contribution is 7.90. The van der Waals surface area contributed by atoms with Crippen LogP contribution >= 0.6 is 0 Å². The first-order valence-electron chi connectivity index (χ1n) is 10.1. The molecule has 3 rings (SSSR count). The van der Waals surface area contributed by atoms with Crippen molar-refractivity contribution in [1.82, 2.24) is 14.5 Å². The lowest BCUT2D eigenvalue weighted by Gasteiger charge is -2.13. The van der Waals surface area contributed by atoms with Gasteiger partial charge in [-0.3, -0.25) is 9.18 Å². The van der Waals surface area contributed by atoms with Gasteiger partial charge in [-0.05, 0) is 44.0 Å². The lowest BCUT2D eigenvalue weighted by atomic mass is 10.1. The zero-order valence-electron chi connectivity index (χ0n) is 18.5. The quantitative estimate of drug-likeness (QED) is 0.495. The molecule has 0 unspecified atom stereocenters. The van der Waals surface area contributed by atoms with Crippen LogP contribution in [0, 0.1) is 25.2 Å². The van der Waals surface area contributed by atoms with E-state index < -0.39 is 22.3 Å². The molecule has 0 atom stereocenters. The summed E-state index contributed by atoms with van der Waals surface area (Å²) in [6.45, 7) is 2.70. The van der Waals surface area contributed by atoms with Gasteiger partial charge in [-0.2, -0.15) is 15.2 Å². The highest BCUT2D eigenvalue weighted by atomic mass is 32.2. The molecule has 0 saturated heterocycles. The molecule has 0 amide bonds. The molecule has 0 aliphatic rings. The summed E-state index contributed by atoms with van der Waals surface area (Å²) in [6, 6.07) is 10.1. The molecule has 1 aromatic carbocycles. The Morgan fingerprint density at radius 3 is 2.61 bits per heavy atom. The Bertz CT molecular complexity index is 1370. The minimum absolute atomic E-state index is 0.0988. The molecule has 33 heavy (non-hydrogen) atoms. The average Bonchev–Trinajstić information content (AvgIpc) is 2.76. The van der Waals surface area contributed by atoms with Gasteiger partial charge in [0.25, 0.3) is 5.56 Å². The number of rotatable bonds is 8. The van der Waals surface area contributed by atoms with E-state index in [2.05, 4.69) is 16.0 Å². The third kappa shape index (κ3) is 5.81. The summed E-state index contributed by atoms with van der Waals surface area (Å²) in [5, 5.41) is 9.42. The van der Waals surface area contributed by atoms with Crippen LogP contribution in [0.2, 0.25) is 0 Å². The average molecular weight is 471 g/mol. The van der Waals surface area contributed by atoms with E-state index in [0.717, 1.165) is 0 Å². The van der Waals surface area contributed by atoms with Crippen molar-refractivity contribution in [3.63, 3.8) is 0 Å². The number of pyridine rings is 1. The van der Waals surface area contributed by atoms with E-state index >= 15 is 0 Å². The van der Waals surface area contributed by atoms with E-state index in [0.29, 0.717) is 22.4 Å². The topological polar surface area (TPSA) is 115 Å². The van der Waals surface area contributed by atoms with E-state index in [1.807, 2.05) is 0 Å². The second-order valence-corrected chi connectivity index (χ2v) is 9.84. The summed E-state index contributed by atoms with van der Waals surface area (Å²) in [4.78, 5) is 20.7. The van der Waals surface area contributed by atoms with Gasteiger partial charge in [-0.25, -0.2) is 8.42 Å². The van der Waals surface area contributed by atoms with E-state index in [1.165, 1.54) is 10.6 Å². The molecule has 0 saturated carbocycles. The van der Waals surface area contributed by atoms with Crippen molar-refractivity contribution in [1.29, 1.82) is 5.26 Å². The number of nitrogens with zero attached hydrogens (tertiary/aromatic N) is 4. The number of sulfone groups is 1. The van der Waals surface area contributed by atoms with Crippen molar-refractivity contribution in [2.24, 2.45) is 7.05 Å². The van der Waals surface area contributed by atoms with Crippen molar-refractivity contribution in [3.05, 3.63) is 69.3 Å². The summed E-state index contributed by atoms with van der Waals surface area (Å²) in [7, 11) is -2.02. The predicted molar refractivity (Wildman–Crippen MR) is 121 cm³/mol. The first-order chi connectivity index (χ1) is 15.6. The van der Waals surface area contributed by atoms with Crippen molar-refractivity contribution in [2.75, 3.05) is 12.4 Å². The molecule has 2 heterocycles. The maximum atomic E-state index is 12.5. The van der Waals surface area contributed by atoms with Gasteiger partial charge in [-0.1, -0.05) is 12.1 Å². The molecular formula is C23H23FN4O4S. The fraction of sp³-hybridized carbons (Fsp3) is 0.304. The highest BCUT2D eigenvalue weighted by Crippen LogP contribution is 2.29. The Morgan fingerprint density at radius 1 is 1.18 bits per heavy atom. The largest absolute Gasteiger partial charge is 0.423 e. The molecule has 8 nitrogen and oxygen atoms in total. The first-order valence-corrected chi connectivity index (χ1v) is 11.9. The van der Waals surface area contributed by atoms with Gasteiger partial charge in [0.05, 0.1) is 35.1 Å². The number of aryl methyl sites for hydroxylation is 3. The Balaban J connectivity index is 2.13. The zero-order chi connectivity index (χ0) is 24.2. The normalized spacial score (nSPS) is 11.2. The Hall–Kier alpha value is -3.58. The standard InChI is InChI=1S/C23H23FN4O4S/c1-15-6-4-7-17(12-25)21(15)32-23-26-19(14-33(30,31)9-5-8-24)11-20(27-23)18-10-16(2)22(29)28(3)13-18/h4,6-7,10-11,13H,5,8-9,14H2,1-3H3. The molecule has 0 N–H and O–H groups in total. The zero-order valence-corrected chi connectivity index (χ0v) is 19.3. The summed E-state index contributed by atoms with van der Waals surface area (Å²) in [5.41, 5.74) is 2.34. The summed E-state index contributed by atoms with van der Waals surface area (Å²) in [6.07, 6.45) is 1.48. The van der Waals surface area contributed by atoms with Crippen LogP contribution in [-0.4, -0.2) is 35.4 Å². The number of aromatic nitrogens is 3. The Morgan fingerprint density at radius 2 is 1.94 bits per heavy atom. The van der Waals surface area contributed by atoms with Crippen LogP contribution in [0.4, 0.5) is 4.39 Å². The number of benzene rings is 1. The lowest BCUT2D eigenvalue weighted by molar-refractivity contribution is 0.436. The molecule has 0 fully saturated rings. The van der Waals surface area contributed by atoms with Gasteiger partial charge < -0.3 is 9.30 Å². The monoisotopic (exact) mass is 470 g/mol. The number of ether oxygens (including phenoxy) is 1. The van der Waals surface area contributed by atoms with Crippen LogP contribution in [0.1, 0.15) is 28.8 Å². The van der Waals surface area contributed by atoms with Gasteiger partial charge in [0.15, 0.2) is 15.6 Å². The number of halogens is 1. The van der Waals surface area contributed by atoms with Crippen molar-refractivity contribution < 1.29 is 17.5 Å². The van der Waals surface area contributed by atoms with Crippen molar-refractivity contribution in [3.8, 4) is 29.1 Å². The minimum Gasteiger partial charge on any atom is -0.423 e. The number of alkyl halides is 1. The van der Waals surface area contributed by atoms with E-state index in [9.17, 15) is 22.9 Å². The van der Waals surface area contributed by atoms with Crippen LogP contribution in [0.3, 0.4) is 0 Å². The van der Waals surface area contributed by atoms with Crippen LogP contribution < -0.4 is 10.3 Å². The number of para-hydroxylation sites is 1. The van der Waals surface area contributed by atoms with E-state index in [4.69, 9.17) is 4.74 Å². The maximum Gasteiger partial charge on any atom is 0.322 e. The Kier molecular flexibility index (Phi) is 7.23. The molecular weight excluding hydrogens is 447 g/mol. The first kappa shape index (κ1) is 24.1. The number of hydrogen-bond donors (Lipinski definition) is 0. The third-order valence-corrected chi connectivity index (χ3v) is 6.55. The molecule has 0 bridgehead atoms. The summed E-state index contributed by atoms with van der Waals surface area (Å²) >= 11 is 0. The summed E-state index contributed by atoms with van der Waals surface area (Å²) in [5.74, 6) is -0.475. The van der Waals surface area contributed by atoms with E-state index in [-0.39, 0.29) is 40.8 Å². The van der Waals surface area contributed by atoms with Crippen LogP contribution in [-0.2, 0) is 22.6 Å². The second kappa shape index (κ2) is 9.92. The molecule has 0 aliphatic carbocycles. The van der Waals surface area contributed by atoms with Crippen LogP contribution in [0.5, 0.6) is 11.8 Å². The maximum absolute atomic E-state index is 12.5. The molecule has 2 aromatic heterocycles. The van der Waals surface area contributed by atoms with Crippen LogP contribution in [0.15, 0.2) is 41.3 Å². The van der Waals surface area contributed by atoms with Crippen LogP contribution in [0.25, 0.3) is 11.3 Å². The highest BCUT2D eigenvalue weighted by Gasteiger charge is 2.18. The third-order valence-electron chi connectivity index (χ3n) is 4.90. The molecule has 0 radical (unpaired) electrons. The molecule has 0 spiro atoms. The molecule has 172 valence electrons. The van der Waals surface area contributed by atoms with Gasteiger partial charge in [0, 0.05) is 24.4 Å². The fourth-order valence-electron chi connectivity index (χ4n) is 3.30. The SMILES string of the molecule is Cc1cccc(C#N)c1Oc1nc(CS(=O)(=O)CCCF)cc(-c2cc(C)c(=O)n(C)c2)n1. The fourth-order valence-corrected chi connectivity index (χ4v) is 4.59. The lowest BCUT2D eigenvalue weighted by Crippen LogP contribution is -2.18. The number of hydrogen-bond acceptors (Lipinski definition) is 7. The molecule has 0 aliphatic heterocycles. The van der Waals surface area contributed by atoms with Gasteiger partial charge in [-0.15, -0.1) is 0 Å². The molecule has 3 aromatic rings. The second-order valence-electron chi connectivity index (χ2n) is 7.65. The van der Waals surface area contributed by atoms with E-state index in [1.54, 1.807) is 51.4 Å². The van der Waals surface area contributed by atoms with Crippen molar-refractivity contribution in [2.45, 2.75) is 26.0 Å². The molecule has 10 heteroatoms. The van der Waals surface area contributed by atoms with Gasteiger partial charge in [0.2, 0.25) is 0 Å². The predicted octanol–water partition coefficient (Wildman–Crippen LogP) is 3.40. The Labute approximate surface area is 191 Å². The van der Waals surface area contributed by atoms with Gasteiger partial charge in [0.1, 0.15) is 6.07 Å². The summed E-state index contributed by atoms with van der Waals surface area (Å²) < 4.78 is 44.6.